The summed E-state index contributed by atoms with van der Waals surface area (Å²) in [4.78, 5) is 1.17. The average Bonchev–Trinajstić information content (AvgIpc) is 3.33. The standard InChI is InChI=1S/C41H66SSi3/c1-28(2)43(29(3)4,30(5)6)24-21-37-19-20-38(22-25-44(31(7)8,32(9)10)33(11)12)41-40(37)27-39(42-41)23-26-45(34(13)14,35(15)16)36(17)18/h19-20,27-36H,1-18H3. The molecule has 0 bridgehead atoms. The van der Waals surface area contributed by atoms with Crippen molar-refractivity contribution in [3.8, 4) is 34.4 Å². The highest BCUT2D eigenvalue weighted by atomic mass is 32.1. The van der Waals surface area contributed by atoms with Crippen LogP contribution in [0.3, 0.4) is 0 Å². The van der Waals surface area contributed by atoms with Gasteiger partial charge >= 0.3 is 0 Å². The van der Waals surface area contributed by atoms with Gasteiger partial charge in [0, 0.05) is 16.5 Å². The van der Waals surface area contributed by atoms with Gasteiger partial charge in [-0.2, -0.15) is 0 Å². The molecule has 0 aliphatic carbocycles. The molecule has 0 aliphatic rings. The normalized spacial score (nSPS) is 13.0. The third-order valence-electron chi connectivity index (χ3n) is 11.5. The van der Waals surface area contributed by atoms with E-state index in [4.69, 9.17) is 0 Å². The highest BCUT2D eigenvalue weighted by Gasteiger charge is 2.43. The maximum Gasteiger partial charge on any atom is 0.146 e. The Kier molecular flexibility index (Phi) is 13.8. The second-order valence-corrected chi connectivity index (χ2v) is 34.2. The minimum Gasteiger partial charge on any atom is -0.125 e. The van der Waals surface area contributed by atoms with Crippen molar-refractivity contribution in [3.63, 3.8) is 0 Å². The lowest BCUT2D eigenvalue weighted by Crippen LogP contribution is -2.43. The van der Waals surface area contributed by atoms with Crippen LogP contribution in [0, 0.1) is 34.4 Å². The zero-order valence-corrected chi connectivity index (χ0v) is 36.2. The first-order chi connectivity index (χ1) is 20.7. The van der Waals surface area contributed by atoms with E-state index in [-0.39, 0.29) is 0 Å². The molecule has 1 aromatic heterocycles. The molecule has 4 heteroatoms. The molecule has 2 aromatic rings. The molecule has 0 amide bonds. The summed E-state index contributed by atoms with van der Waals surface area (Å²) in [6.45, 7) is 43.2. The summed E-state index contributed by atoms with van der Waals surface area (Å²) in [5.74, 6) is 11.4. The Morgan fingerprint density at radius 3 is 1.04 bits per heavy atom. The summed E-state index contributed by atoms with van der Waals surface area (Å²) in [5.41, 5.74) is 19.8. The van der Waals surface area contributed by atoms with Crippen molar-refractivity contribution < 1.29 is 0 Å². The monoisotopic (exact) mass is 674 g/mol. The van der Waals surface area contributed by atoms with E-state index in [1.165, 1.54) is 15.0 Å². The summed E-state index contributed by atoms with van der Waals surface area (Å²) in [7, 11) is -5.57. The molecule has 0 fully saturated rings. The van der Waals surface area contributed by atoms with E-state index in [2.05, 4.69) is 177 Å². The first-order valence-corrected chi connectivity index (χ1v) is 25.4. The van der Waals surface area contributed by atoms with Crippen molar-refractivity contribution in [3.05, 3.63) is 34.2 Å². The Morgan fingerprint density at radius 2 is 0.711 bits per heavy atom. The second-order valence-electron chi connectivity index (χ2n) is 16.5. The summed E-state index contributed by atoms with van der Waals surface area (Å²) in [6.07, 6.45) is 0. The highest BCUT2D eigenvalue weighted by Crippen LogP contribution is 2.43. The molecule has 0 atom stereocenters. The molecule has 0 N–H and O–H groups in total. The molecule has 0 saturated carbocycles. The first-order valence-electron chi connectivity index (χ1n) is 17.9. The minimum absolute atomic E-state index is 0.608. The molecule has 45 heavy (non-hydrogen) atoms. The molecule has 248 valence electrons. The second kappa shape index (κ2) is 15.6. The Balaban J connectivity index is 2.99. The van der Waals surface area contributed by atoms with Crippen LogP contribution in [0.1, 0.15) is 141 Å². The maximum atomic E-state index is 4.01. The maximum absolute atomic E-state index is 4.01. The largest absolute Gasteiger partial charge is 0.146 e. The van der Waals surface area contributed by atoms with Crippen LogP contribution in [0.5, 0.6) is 0 Å². The summed E-state index contributed by atoms with van der Waals surface area (Å²) < 4.78 is 1.27. The quantitative estimate of drug-likeness (QED) is 0.183. The van der Waals surface area contributed by atoms with Crippen LogP contribution in [0.4, 0.5) is 0 Å². The van der Waals surface area contributed by atoms with Crippen molar-refractivity contribution in [2.75, 3.05) is 0 Å². The number of hydrogen-bond donors (Lipinski definition) is 0. The number of fused-ring (bicyclic) bond motifs is 1. The van der Waals surface area contributed by atoms with Crippen molar-refractivity contribution in [1.82, 2.24) is 0 Å². The van der Waals surface area contributed by atoms with Gasteiger partial charge in [0.25, 0.3) is 0 Å². The number of thiophene rings is 1. The van der Waals surface area contributed by atoms with E-state index in [1.54, 1.807) is 0 Å². The van der Waals surface area contributed by atoms with Crippen molar-refractivity contribution >= 4 is 45.6 Å². The average molecular weight is 675 g/mol. The van der Waals surface area contributed by atoms with Gasteiger partial charge in [-0.25, -0.2) is 0 Å². The summed E-state index contributed by atoms with van der Waals surface area (Å²) in [6, 6.07) is 6.89. The molecule has 0 radical (unpaired) electrons. The van der Waals surface area contributed by atoms with E-state index in [9.17, 15) is 0 Å². The van der Waals surface area contributed by atoms with Gasteiger partial charge in [-0.1, -0.05) is 142 Å². The topological polar surface area (TPSA) is 0 Å². The molecular weight excluding hydrogens is 609 g/mol. The molecule has 0 aliphatic heterocycles. The smallest absolute Gasteiger partial charge is 0.125 e. The highest BCUT2D eigenvalue weighted by molar-refractivity contribution is 7.20. The van der Waals surface area contributed by atoms with E-state index in [1.807, 2.05) is 11.3 Å². The van der Waals surface area contributed by atoms with Gasteiger partial charge in [0.15, 0.2) is 0 Å². The fourth-order valence-corrected chi connectivity index (χ4v) is 26.0. The van der Waals surface area contributed by atoms with Crippen molar-refractivity contribution in [1.29, 1.82) is 0 Å². The first kappa shape index (κ1) is 39.7. The Hall–Kier alpha value is -1.49. The van der Waals surface area contributed by atoms with Crippen LogP contribution in [0.15, 0.2) is 18.2 Å². The van der Waals surface area contributed by atoms with Gasteiger partial charge in [0.2, 0.25) is 0 Å². The van der Waals surface area contributed by atoms with Gasteiger partial charge in [-0.05, 0) is 68.1 Å². The summed E-state index contributed by atoms with van der Waals surface area (Å²) >= 11 is 1.85. The van der Waals surface area contributed by atoms with E-state index in [0.29, 0.717) is 49.9 Å². The Labute approximate surface area is 287 Å². The summed E-state index contributed by atoms with van der Waals surface area (Å²) in [5, 5.41) is 1.25. The molecular formula is C41H66SSi3. The molecule has 1 aromatic carbocycles. The van der Waals surface area contributed by atoms with Gasteiger partial charge in [0.05, 0.1) is 9.58 Å². The van der Waals surface area contributed by atoms with Crippen LogP contribution in [-0.4, -0.2) is 24.2 Å². The molecule has 0 spiro atoms. The Bertz CT molecular complexity index is 1330. The molecule has 1 heterocycles. The van der Waals surface area contributed by atoms with E-state index >= 15 is 0 Å². The third-order valence-corrected chi connectivity index (χ3v) is 31.5. The van der Waals surface area contributed by atoms with E-state index < -0.39 is 24.2 Å². The van der Waals surface area contributed by atoms with E-state index in [0.717, 1.165) is 11.1 Å². The van der Waals surface area contributed by atoms with Gasteiger partial charge < -0.3 is 0 Å². The van der Waals surface area contributed by atoms with Crippen LogP contribution in [-0.2, 0) is 0 Å². The minimum atomic E-state index is -1.86. The molecule has 0 saturated heterocycles. The molecule has 2 rings (SSSR count). The van der Waals surface area contributed by atoms with Gasteiger partial charge in [0.1, 0.15) is 24.2 Å². The van der Waals surface area contributed by atoms with Crippen molar-refractivity contribution in [2.24, 2.45) is 0 Å². The Morgan fingerprint density at radius 1 is 0.422 bits per heavy atom. The lowest BCUT2D eigenvalue weighted by Gasteiger charge is -2.38. The fourth-order valence-electron chi connectivity index (χ4n) is 9.21. The zero-order chi connectivity index (χ0) is 34.7. The van der Waals surface area contributed by atoms with Gasteiger partial charge in [-0.15, -0.1) is 28.0 Å². The SMILES string of the molecule is CC(C)[Si](C#Cc1cc2c(C#C[Si](C(C)C)(C(C)C)C(C)C)ccc(C#C[Si](C(C)C)(C(C)C)C(C)C)c2s1)(C(C)C)C(C)C. The number of hydrogen-bond acceptors (Lipinski definition) is 1. The number of benzene rings is 1. The third kappa shape index (κ3) is 7.65. The van der Waals surface area contributed by atoms with Crippen molar-refractivity contribution in [2.45, 2.75) is 174 Å². The van der Waals surface area contributed by atoms with Crippen LogP contribution < -0.4 is 0 Å². The molecule has 0 nitrogen and oxygen atoms in total. The predicted molar refractivity (Wildman–Crippen MR) is 216 cm³/mol. The van der Waals surface area contributed by atoms with Crippen LogP contribution in [0.25, 0.3) is 10.1 Å². The lowest BCUT2D eigenvalue weighted by molar-refractivity contribution is 0.838. The van der Waals surface area contributed by atoms with Crippen LogP contribution >= 0.6 is 11.3 Å². The lowest BCUT2D eigenvalue weighted by atomic mass is 10.1. The zero-order valence-electron chi connectivity index (χ0n) is 32.3. The number of rotatable bonds is 9. The predicted octanol–water partition coefficient (Wildman–Crippen LogP) is 13.6. The van der Waals surface area contributed by atoms with Gasteiger partial charge in [-0.3, -0.25) is 0 Å². The van der Waals surface area contributed by atoms with Crippen LogP contribution in [0.2, 0.25) is 49.9 Å². The molecule has 0 unspecified atom stereocenters. The fraction of sp³-hybridized carbons (Fsp3) is 0.659.